The number of carbonyl (C=O) groups excluding carboxylic acids is 1. The Morgan fingerprint density at radius 3 is 2.67 bits per heavy atom. The maximum absolute atomic E-state index is 13.1. The van der Waals surface area contributed by atoms with E-state index in [1.807, 2.05) is 13.8 Å². The van der Waals surface area contributed by atoms with Crippen molar-refractivity contribution in [1.82, 2.24) is 9.78 Å². The van der Waals surface area contributed by atoms with E-state index < -0.39 is 18.4 Å². The summed E-state index contributed by atoms with van der Waals surface area (Å²) in [5, 5.41) is 3.94. The van der Waals surface area contributed by atoms with Crippen molar-refractivity contribution in [3.05, 3.63) is 47.5 Å². The Labute approximate surface area is 138 Å². The number of hydrogen-bond acceptors (Lipinski definition) is 4. The third-order valence-electron chi connectivity index (χ3n) is 2.72. The average molecular weight is 344 g/mol. The average Bonchev–Trinajstić information content (AvgIpc) is 3.00. The van der Waals surface area contributed by atoms with Crippen LogP contribution in [-0.2, 0) is 11.3 Å². The van der Waals surface area contributed by atoms with E-state index in [9.17, 15) is 18.0 Å². The normalized spacial score (nSPS) is 10.1. The number of halogens is 3. The number of aromatic nitrogens is 2. The fourth-order valence-corrected chi connectivity index (χ4v) is 1.81. The Morgan fingerprint density at radius 2 is 2.04 bits per heavy atom. The highest BCUT2D eigenvalue weighted by molar-refractivity contribution is 5.88. The predicted octanol–water partition coefficient (Wildman–Crippen LogP) is 3.87. The molecule has 0 saturated heterocycles. The fraction of sp³-hybridized carbons (Fsp3) is 0.375. The molecule has 0 aliphatic carbocycles. The fourth-order valence-electron chi connectivity index (χ4n) is 1.81. The molecular formula is C16H19F3N2O3. The van der Waals surface area contributed by atoms with Crippen LogP contribution in [0, 0.1) is 5.82 Å². The van der Waals surface area contributed by atoms with Crippen LogP contribution in [0.4, 0.5) is 13.2 Å². The monoisotopic (exact) mass is 344 g/mol. The molecule has 0 aliphatic heterocycles. The van der Waals surface area contributed by atoms with Gasteiger partial charge in [0.2, 0.25) is 0 Å². The van der Waals surface area contributed by atoms with Crippen molar-refractivity contribution >= 4 is 5.97 Å². The van der Waals surface area contributed by atoms with Crippen molar-refractivity contribution in [1.29, 1.82) is 0 Å². The molecular weight excluding hydrogens is 325 g/mol. The number of esters is 1. The third kappa shape index (κ3) is 5.60. The minimum atomic E-state index is -3.06. The molecule has 8 heteroatoms. The molecule has 0 fully saturated rings. The van der Waals surface area contributed by atoms with Crippen molar-refractivity contribution in [2.75, 3.05) is 6.61 Å². The lowest BCUT2D eigenvalue weighted by Gasteiger charge is -2.10. The Kier molecular flexibility index (Phi) is 7.81. The van der Waals surface area contributed by atoms with E-state index in [2.05, 4.69) is 9.84 Å². The highest BCUT2D eigenvalue weighted by atomic mass is 19.3. The second-order valence-corrected chi connectivity index (χ2v) is 4.28. The van der Waals surface area contributed by atoms with Crippen LogP contribution in [0.5, 0.6) is 5.75 Å². The van der Waals surface area contributed by atoms with Gasteiger partial charge in [-0.1, -0.05) is 19.9 Å². The molecule has 1 heterocycles. The Bertz CT molecular complexity index is 660. The number of nitrogens with zero attached hydrogens (tertiary/aromatic N) is 2. The van der Waals surface area contributed by atoms with Crippen molar-refractivity contribution in [2.45, 2.75) is 33.9 Å². The van der Waals surface area contributed by atoms with E-state index in [0.717, 1.165) is 12.1 Å². The summed E-state index contributed by atoms with van der Waals surface area (Å²) in [7, 11) is 0. The lowest BCUT2D eigenvalue weighted by Crippen LogP contribution is -2.08. The van der Waals surface area contributed by atoms with Crippen LogP contribution >= 0.6 is 0 Å². The van der Waals surface area contributed by atoms with Gasteiger partial charge in [0.25, 0.3) is 0 Å². The van der Waals surface area contributed by atoms with Crippen LogP contribution in [0.2, 0.25) is 0 Å². The van der Waals surface area contributed by atoms with Crippen molar-refractivity contribution < 1.29 is 27.4 Å². The molecule has 0 N–H and O–H groups in total. The lowest BCUT2D eigenvalue weighted by molar-refractivity contribution is -0.0506. The summed E-state index contributed by atoms with van der Waals surface area (Å²) in [6, 6.07) is 3.32. The maximum atomic E-state index is 13.1. The Morgan fingerprint density at radius 1 is 1.33 bits per heavy atom. The first-order valence-electron chi connectivity index (χ1n) is 7.42. The Hall–Kier alpha value is -2.51. The molecule has 0 unspecified atom stereocenters. The van der Waals surface area contributed by atoms with Gasteiger partial charge in [-0.15, -0.1) is 0 Å². The van der Waals surface area contributed by atoms with E-state index in [-0.39, 0.29) is 24.5 Å². The quantitative estimate of drug-likeness (QED) is 0.747. The van der Waals surface area contributed by atoms with Crippen LogP contribution < -0.4 is 4.74 Å². The molecule has 2 rings (SSSR count). The van der Waals surface area contributed by atoms with Gasteiger partial charge in [-0.2, -0.15) is 13.9 Å². The summed E-state index contributed by atoms with van der Waals surface area (Å²) < 4.78 is 48.2. The molecule has 1 aromatic heterocycles. The van der Waals surface area contributed by atoms with Crippen LogP contribution in [0.15, 0.2) is 30.6 Å². The second-order valence-electron chi connectivity index (χ2n) is 4.28. The van der Waals surface area contributed by atoms with Gasteiger partial charge in [-0.05, 0) is 13.0 Å². The molecule has 0 radical (unpaired) electrons. The molecule has 0 spiro atoms. The number of benzene rings is 1. The number of ether oxygens (including phenoxy) is 2. The summed E-state index contributed by atoms with van der Waals surface area (Å²) in [5.41, 5.74) is 0.542. The van der Waals surface area contributed by atoms with Gasteiger partial charge in [-0.3, -0.25) is 4.68 Å². The Balaban J connectivity index is 0.00000139. The third-order valence-corrected chi connectivity index (χ3v) is 2.72. The molecule has 0 saturated carbocycles. The molecule has 1 aromatic carbocycles. The highest BCUT2D eigenvalue weighted by Crippen LogP contribution is 2.23. The van der Waals surface area contributed by atoms with Gasteiger partial charge in [0.1, 0.15) is 11.6 Å². The van der Waals surface area contributed by atoms with Crippen LogP contribution in [0.3, 0.4) is 0 Å². The van der Waals surface area contributed by atoms with Gasteiger partial charge < -0.3 is 9.47 Å². The van der Waals surface area contributed by atoms with Gasteiger partial charge in [-0.25, -0.2) is 9.18 Å². The summed E-state index contributed by atoms with van der Waals surface area (Å²) in [4.78, 5) is 11.5. The maximum Gasteiger partial charge on any atom is 0.387 e. The van der Waals surface area contributed by atoms with Gasteiger partial charge >= 0.3 is 12.6 Å². The number of alkyl halides is 2. The molecule has 0 atom stereocenters. The van der Waals surface area contributed by atoms with Gasteiger partial charge in [0, 0.05) is 17.8 Å². The first-order valence-corrected chi connectivity index (χ1v) is 7.42. The number of hydrogen-bond donors (Lipinski definition) is 0. The summed E-state index contributed by atoms with van der Waals surface area (Å²) >= 11 is 0. The van der Waals surface area contributed by atoms with Gasteiger partial charge in [0.15, 0.2) is 0 Å². The number of rotatable bonds is 6. The van der Waals surface area contributed by atoms with Crippen molar-refractivity contribution in [2.24, 2.45) is 0 Å². The molecule has 0 amide bonds. The van der Waals surface area contributed by atoms with E-state index in [1.165, 1.54) is 23.1 Å². The first kappa shape index (κ1) is 19.5. The molecule has 24 heavy (non-hydrogen) atoms. The van der Waals surface area contributed by atoms with Crippen LogP contribution in [0.1, 0.15) is 36.7 Å². The predicted molar refractivity (Wildman–Crippen MR) is 81.7 cm³/mol. The van der Waals surface area contributed by atoms with Gasteiger partial charge in [0.05, 0.1) is 24.9 Å². The summed E-state index contributed by atoms with van der Waals surface area (Å²) in [6.45, 7) is 2.89. The molecule has 5 nitrogen and oxygen atoms in total. The molecule has 132 valence electrons. The standard InChI is InChI=1S/C14H13F3N2O3.C2H6/c1-2-21-13(20)10-6-18-19(8-10)7-9-3-4-11(15)5-12(9)22-14(16)17;1-2/h3-6,8,14H,2,7H2,1H3;1-2H3. The zero-order chi connectivity index (χ0) is 18.1. The minimum absolute atomic E-state index is 0.0434. The van der Waals surface area contributed by atoms with E-state index in [0.29, 0.717) is 5.56 Å². The minimum Gasteiger partial charge on any atom is -0.462 e. The van der Waals surface area contributed by atoms with E-state index in [1.54, 1.807) is 6.92 Å². The van der Waals surface area contributed by atoms with Crippen LogP contribution in [0.25, 0.3) is 0 Å². The molecule has 2 aromatic rings. The number of carbonyl (C=O) groups is 1. The topological polar surface area (TPSA) is 53.3 Å². The SMILES string of the molecule is CC.CCOC(=O)c1cnn(Cc2ccc(F)cc2OC(F)F)c1. The van der Waals surface area contributed by atoms with E-state index in [4.69, 9.17) is 4.74 Å². The first-order chi connectivity index (χ1) is 11.5. The van der Waals surface area contributed by atoms with Crippen molar-refractivity contribution in [3.8, 4) is 5.75 Å². The molecule has 0 bridgehead atoms. The second kappa shape index (κ2) is 9.59. The lowest BCUT2D eigenvalue weighted by atomic mass is 10.2. The van der Waals surface area contributed by atoms with E-state index >= 15 is 0 Å². The van der Waals surface area contributed by atoms with Crippen LogP contribution in [-0.4, -0.2) is 29.0 Å². The van der Waals surface area contributed by atoms with Crippen molar-refractivity contribution in [3.63, 3.8) is 0 Å². The summed E-state index contributed by atoms with van der Waals surface area (Å²) in [6.07, 6.45) is 2.71. The highest BCUT2D eigenvalue weighted by Gasteiger charge is 2.14. The largest absolute Gasteiger partial charge is 0.462 e. The molecule has 0 aliphatic rings. The zero-order valence-electron chi connectivity index (χ0n) is 13.6. The summed E-state index contributed by atoms with van der Waals surface area (Å²) in [5.74, 6) is -1.49. The zero-order valence-corrected chi connectivity index (χ0v) is 13.6. The smallest absolute Gasteiger partial charge is 0.387 e.